The van der Waals surface area contributed by atoms with Crippen LogP contribution in [0.5, 0.6) is 17.2 Å². The second-order valence-electron chi connectivity index (χ2n) is 8.11. The number of carbonyl (C=O) groups excluding carboxylic acids is 2. The lowest BCUT2D eigenvalue weighted by molar-refractivity contribution is -0.133. The fourth-order valence-corrected chi connectivity index (χ4v) is 4.08. The molecule has 2 aromatic rings. The molecule has 1 aromatic heterocycles. The van der Waals surface area contributed by atoms with Gasteiger partial charge in [0, 0.05) is 31.1 Å². The first-order valence-electron chi connectivity index (χ1n) is 10.7. The van der Waals surface area contributed by atoms with Crippen molar-refractivity contribution in [1.29, 1.82) is 0 Å². The minimum atomic E-state index is -0.413. The van der Waals surface area contributed by atoms with Gasteiger partial charge in [-0.05, 0) is 29.8 Å². The van der Waals surface area contributed by atoms with Crippen molar-refractivity contribution in [1.82, 2.24) is 15.2 Å². The molecule has 0 bridgehead atoms. The van der Waals surface area contributed by atoms with Gasteiger partial charge < -0.3 is 24.4 Å². The Labute approximate surface area is 188 Å². The Hall–Kier alpha value is -3.29. The molecule has 0 saturated carbocycles. The van der Waals surface area contributed by atoms with Crippen molar-refractivity contribution >= 4 is 11.8 Å². The number of benzene rings is 1. The molecule has 32 heavy (non-hydrogen) atoms. The van der Waals surface area contributed by atoms with Gasteiger partial charge in [0.15, 0.2) is 11.5 Å². The minimum Gasteiger partial charge on any atom is -0.493 e. The summed E-state index contributed by atoms with van der Waals surface area (Å²) in [7, 11) is 4.66. The first kappa shape index (κ1) is 23.4. The molecule has 2 amide bonds. The fraction of sp³-hybridized carbons (Fsp3) is 0.458. The van der Waals surface area contributed by atoms with Crippen molar-refractivity contribution in [3.63, 3.8) is 0 Å². The van der Waals surface area contributed by atoms with Crippen molar-refractivity contribution in [2.24, 2.45) is 11.8 Å². The molecule has 2 atom stereocenters. The Balaban J connectivity index is 1.91. The number of amides is 2. The van der Waals surface area contributed by atoms with Crippen LogP contribution in [0.25, 0.3) is 0 Å². The standard InChI is InChI=1S/C24H31N3O5/c1-15(2)24(29)27-13-18(16-10-20(30-3)22(32-5)21(11-16)31-4)19(14-27)23(28)26-12-17-8-6-7-9-25-17/h6-11,15,18-19H,12-14H2,1-5H3,(H,26,28)/t18-,19+/m0/s1. The van der Waals surface area contributed by atoms with Gasteiger partial charge in [-0.3, -0.25) is 14.6 Å². The third-order valence-corrected chi connectivity index (χ3v) is 5.75. The topological polar surface area (TPSA) is 90.0 Å². The average Bonchev–Trinajstić information content (AvgIpc) is 3.27. The highest BCUT2D eigenvalue weighted by atomic mass is 16.5. The number of rotatable bonds is 8. The van der Waals surface area contributed by atoms with Gasteiger partial charge in [-0.15, -0.1) is 0 Å². The van der Waals surface area contributed by atoms with Crippen molar-refractivity contribution in [3.8, 4) is 17.2 Å². The summed E-state index contributed by atoms with van der Waals surface area (Å²) in [5.74, 6) is 0.662. The van der Waals surface area contributed by atoms with Gasteiger partial charge in [0.1, 0.15) is 0 Å². The molecule has 1 fully saturated rings. The van der Waals surface area contributed by atoms with Gasteiger partial charge in [0.05, 0.1) is 39.5 Å². The van der Waals surface area contributed by atoms with Crippen molar-refractivity contribution in [2.45, 2.75) is 26.3 Å². The molecule has 172 valence electrons. The van der Waals surface area contributed by atoms with E-state index in [-0.39, 0.29) is 23.7 Å². The van der Waals surface area contributed by atoms with Gasteiger partial charge in [-0.1, -0.05) is 19.9 Å². The SMILES string of the molecule is COc1cc([C@@H]2CN(C(=O)C(C)C)C[C@H]2C(=O)NCc2ccccn2)cc(OC)c1OC. The summed E-state index contributed by atoms with van der Waals surface area (Å²) in [6.45, 7) is 4.86. The minimum absolute atomic E-state index is 0.0301. The molecule has 0 aliphatic carbocycles. The average molecular weight is 442 g/mol. The van der Waals surface area contributed by atoms with E-state index in [0.717, 1.165) is 11.3 Å². The van der Waals surface area contributed by atoms with Crippen LogP contribution in [0.3, 0.4) is 0 Å². The molecule has 2 heterocycles. The Morgan fingerprint density at radius 3 is 2.31 bits per heavy atom. The number of nitrogens with one attached hydrogen (secondary N) is 1. The van der Waals surface area contributed by atoms with E-state index in [1.807, 2.05) is 44.2 Å². The maximum atomic E-state index is 13.2. The highest BCUT2D eigenvalue weighted by molar-refractivity contribution is 5.84. The second kappa shape index (κ2) is 10.3. The monoisotopic (exact) mass is 441 g/mol. The molecular formula is C24H31N3O5. The Bertz CT molecular complexity index is 923. The molecule has 0 unspecified atom stereocenters. The van der Waals surface area contributed by atoms with Gasteiger partial charge in [-0.2, -0.15) is 0 Å². The molecule has 1 aliphatic heterocycles. The van der Waals surface area contributed by atoms with Crippen molar-refractivity contribution in [2.75, 3.05) is 34.4 Å². The number of aromatic nitrogens is 1. The van der Waals surface area contributed by atoms with E-state index in [0.29, 0.717) is 36.9 Å². The van der Waals surface area contributed by atoms with E-state index in [1.165, 1.54) is 0 Å². The van der Waals surface area contributed by atoms with E-state index in [2.05, 4.69) is 10.3 Å². The smallest absolute Gasteiger partial charge is 0.225 e. The number of nitrogens with zero attached hydrogens (tertiary/aromatic N) is 2. The van der Waals surface area contributed by atoms with E-state index < -0.39 is 5.92 Å². The summed E-state index contributed by atoms with van der Waals surface area (Å²) < 4.78 is 16.4. The van der Waals surface area contributed by atoms with E-state index in [1.54, 1.807) is 32.4 Å². The quantitative estimate of drug-likeness (QED) is 0.677. The predicted molar refractivity (Wildman–Crippen MR) is 120 cm³/mol. The zero-order chi connectivity index (χ0) is 23.3. The molecule has 0 spiro atoms. The molecule has 8 nitrogen and oxygen atoms in total. The number of ether oxygens (including phenoxy) is 3. The molecule has 1 aliphatic rings. The maximum Gasteiger partial charge on any atom is 0.225 e. The van der Waals surface area contributed by atoms with E-state index >= 15 is 0 Å². The summed E-state index contributed by atoms with van der Waals surface area (Å²) in [6, 6.07) is 9.28. The zero-order valence-corrected chi connectivity index (χ0v) is 19.3. The Morgan fingerprint density at radius 2 is 1.78 bits per heavy atom. The zero-order valence-electron chi connectivity index (χ0n) is 19.3. The van der Waals surface area contributed by atoms with Gasteiger partial charge >= 0.3 is 0 Å². The molecular weight excluding hydrogens is 410 g/mol. The number of pyridine rings is 1. The van der Waals surface area contributed by atoms with Crippen LogP contribution in [-0.2, 0) is 16.1 Å². The third kappa shape index (κ3) is 4.95. The molecule has 8 heteroatoms. The van der Waals surface area contributed by atoms with Crippen LogP contribution in [0.1, 0.15) is 31.0 Å². The molecule has 1 aromatic carbocycles. The van der Waals surface area contributed by atoms with Gasteiger partial charge in [0.2, 0.25) is 17.6 Å². The summed E-state index contributed by atoms with van der Waals surface area (Å²) in [5, 5.41) is 2.98. The normalized spacial score (nSPS) is 17.9. The lowest BCUT2D eigenvalue weighted by Crippen LogP contribution is -2.36. The second-order valence-corrected chi connectivity index (χ2v) is 8.11. The number of hydrogen-bond donors (Lipinski definition) is 1. The number of methoxy groups -OCH3 is 3. The number of likely N-dealkylation sites (tertiary alicyclic amines) is 1. The number of hydrogen-bond acceptors (Lipinski definition) is 6. The van der Waals surface area contributed by atoms with Crippen LogP contribution in [0.2, 0.25) is 0 Å². The summed E-state index contributed by atoms with van der Waals surface area (Å²) in [6.07, 6.45) is 1.69. The fourth-order valence-electron chi connectivity index (χ4n) is 4.08. The number of carbonyl (C=O) groups is 2. The van der Waals surface area contributed by atoms with Crippen LogP contribution < -0.4 is 19.5 Å². The lowest BCUT2D eigenvalue weighted by Gasteiger charge is -2.21. The van der Waals surface area contributed by atoms with Crippen LogP contribution >= 0.6 is 0 Å². The first-order chi connectivity index (χ1) is 15.4. The first-order valence-corrected chi connectivity index (χ1v) is 10.7. The predicted octanol–water partition coefficient (Wildman–Crippen LogP) is 2.62. The third-order valence-electron chi connectivity index (χ3n) is 5.75. The molecule has 1 N–H and O–H groups in total. The van der Waals surface area contributed by atoms with E-state index in [9.17, 15) is 9.59 Å². The highest BCUT2D eigenvalue weighted by Crippen LogP contribution is 2.43. The van der Waals surface area contributed by atoms with E-state index in [4.69, 9.17) is 14.2 Å². The highest BCUT2D eigenvalue weighted by Gasteiger charge is 2.41. The van der Waals surface area contributed by atoms with Crippen molar-refractivity contribution < 1.29 is 23.8 Å². The summed E-state index contributed by atoms with van der Waals surface area (Å²) in [4.78, 5) is 32.0. The van der Waals surface area contributed by atoms with Crippen LogP contribution in [0.4, 0.5) is 0 Å². The molecule has 1 saturated heterocycles. The largest absolute Gasteiger partial charge is 0.493 e. The van der Waals surface area contributed by atoms with Crippen LogP contribution in [0.15, 0.2) is 36.5 Å². The van der Waals surface area contributed by atoms with Crippen LogP contribution in [0, 0.1) is 11.8 Å². The van der Waals surface area contributed by atoms with Crippen molar-refractivity contribution in [3.05, 3.63) is 47.8 Å². The maximum absolute atomic E-state index is 13.2. The Morgan fingerprint density at radius 1 is 1.09 bits per heavy atom. The molecule has 0 radical (unpaired) electrons. The summed E-state index contributed by atoms with van der Waals surface area (Å²) >= 11 is 0. The van der Waals surface area contributed by atoms with Crippen LogP contribution in [-0.4, -0.2) is 56.1 Å². The lowest BCUT2D eigenvalue weighted by atomic mass is 9.88. The summed E-state index contributed by atoms with van der Waals surface area (Å²) in [5.41, 5.74) is 1.63. The molecule has 3 rings (SSSR count). The Kier molecular flexibility index (Phi) is 7.56. The van der Waals surface area contributed by atoms with Gasteiger partial charge in [-0.25, -0.2) is 0 Å². The van der Waals surface area contributed by atoms with Gasteiger partial charge in [0.25, 0.3) is 0 Å².